The molecule has 130 valence electrons. The van der Waals surface area contributed by atoms with Crippen molar-refractivity contribution in [3.8, 4) is 0 Å². The van der Waals surface area contributed by atoms with Gasteiger partial charge in [0.1, 0.15) is 0 Å². The number of rotatable bonds is 2. The number of halogens is 3. The van der Waals surface area contributed by atoms with Crippen LogP contribution >= 0.6 is 0 Å². The molecule has 0 aromatic heterocycles. The Kier molecular flexibility index (Phi) is 7.62. The number of nitrogens with one attached hydrogen (secondary N) is 1. The van der Waals surface area contributed by atoms with Gasteiger partial charge in [-0.05, 0) is 77.5 Å². The van der Waals surface area contributed by atoms with Crippen molar-refractivity contribution in [3.05, 3.63) is 0 Å². The highest BCUT2D eigenvalue weighted by Gasteiger charge is 2.38. The van der Waals surface area contributed by atoms with E-state index in [1.54, 1.807) is 0 Å². The minimum Gasteiger partial charge on any atom is -0.475 e. The first-order valence-electron chi connectivity index (χ1n) is 7.96. The maximum absolute atomic E-state index is 10.6. The maximum Gasteiger partial charge on any atom is 0.490 e. The molecular formula is C15H27F3N2O2. The maximum atomic E-state index is 10.6. The minimum atomic E-state index is -5.08. The molecule has 0 aromatic carbocycles. The molecule has 2 heterocycles. The normalized spacial score (nSPS) is 22.3. The monoisotopic (exact) mass is 324 g/mol. The van der Waals surface area contributed by atoms with Crippen LogP contribution in [0.5, 0.6) is 0 Å². The summed E-state index contributed by atoms with van der Waals surface area (Å²) in [4.78, 5) is 11.5. The molecule has 2 aliphatic rings. The molecule has 0 radical (unpaired) electrons. The van der Waals surface area contributed by atoms with Crippen LogP contribution in [0.3, 0.4) is 0 Å². The number of carbonyl (C=O) groups is 1. The van der Waals surface area contributed by atoms with Crippen LogP contribution in [0, 0.1) is 11.8 Å². The Morgan fingerprint density at radius 3 is 1.86 bits per heavy atom. The summed E-state index contributed by atoms with van der Waals surface area (Å²) in [6, 6.07) is 0.749. The second-order valence-corrected chi connectivity index (χ2v) is 6.36. The number of carboxylic acids is 1. The van der Waals surface area contributed by atoms with Crippen LogP contribution in [0.15, 0.2) is 0 Å². The molecule has 0 atom stereocenters. The number of hydrogen-bond donors (Lipinski definition) is 2. The molecular weight excluding hydrogens is 297 g/mol. The van der Waals surface area contributed by atoms with Crippen LogP contribution in [0.2, 0.25) is 0 Å². The first-order valence-corrected chi connectivity index (χ1v) is 7.96. The highest BCUT2D eigenvalue weighted by molar-refractivity contribution is 5.73. The van der Waals surface area contributed by atoms with Gasteiger partial charge in [0.05, 0.1) is 0 Å². The standard InChI is InChI=1S/C13H26N2.C2HF3O2/c1-11(2)15-9-5-13(6-10-15)12-3-7-14-8-4-12;3-2(4,5)1(6)7/h11-14H,3-10H2,1-2H3;(H,6,7). The lowest BCUT2D eigenvalue weighted by atomic mass is 9.79. The van der Waals surface area contributed by atoms with Crippen LogP contribution in [0.4, 0.5) is 13.2 Å². The number of alkyl halides is 3. The van der Waals surface area contributed by atoms with Crippen molar-refractivity contribution in [2.45, 2.75) is 51.7 Å². The molecule has 7 heteroatoms. The van der Waals surface area contributed by atoms with E-state index in [9.17, 15) is 13.2 Å². The SMILES string of the molecule is CC(C)N1CCC(C2CCNCC2)CC1.O=C(O)C(F)(F)F. The average Bonchev–Trinajstić information content (AvgIpc) is 2.48. The quantitative estimate of drug-likeness (QED) is 0.820. The van der Waals surface area contributed by atoms with Gasteiger partial charge in [-0.15, -0.1) is 0 Å². The fraction of sp³-hybridized carbons (Fsp3) is 0.933. The van der Waals surface area contributed by atoms with E-state index in [-0.39, 0.29) is 0 Å². The lowest BCUT2D eigenvalue weighted by Gasteiger charge is -2.39. The van der Waals surface area contributed by atoms with E-state index in [1.807, 2.05) is 0 Å². The fourth-order valence-corrected chi connectivity index (χ4v) is 3.22. The van der Waals surface area contributed by atoms with Gasteiger partial charge in [-0.1, -0.05) is 0 Å². The molecule has 0 unspecified atom stereocenters. The minimum absolute atomic E-state index is 0.749. The zero-order valence-corrected chi connectivity index (χ0v) is 13.3. The predicted molar refractivity (Wildman–Crippen MR) is 78.7 cm³/mol. The number of piperidine rings is 2. The molecule has 22 heavy (non-hydrogen) atoms. The molecule has 2 N–H and O–H groups in total. The predicted octanol–water partition coefficient (Wildman–Crippen LogP) is 2.74. The first-order chi connectivity index (χ1) is 10.2. The number of hydrogen-bond acceptors (Lipinski definition) is 3. The summed E-state index contributed by atoms with van der Waals surface area (Å²) in [5, 5.41) is 10.6. The molecule has 0 amide bonds. The largest absolute Gasteiger partial charge is 0.490 e. The van der Waals surface area contributed by atoms with Crippen molar-refractivity contribution in [3.63, 3.8) is 0 Å². The first kappa shape index (κ1) is 19.2. The third-order valence-electron chi connectivity index (χ3n) is 4.60. The smallest absolute Gasteiger partial charge is 0.475 e. The lowest BCUT2D eigenvalue weighted by Crippen LogP contribution is -2.42. The second-order valence-electron chi connectivity index (χ2n) is 6.36. The molecule has 0 bridgehead atoms. The Bertz CT molecular complexity index is 334. The topological polar surface area (TPSA) is 52.6 Å². The van der Waals surface area contributed by atoms with Crippen LogP contribution in [-0.2, 0) is 4.79 Å². The number of carboxylic acid groups (broad SMARTS) is 1. The van der Waals surface area contributed by atoms with Crippen molar-refractivity contribution < 1.29 is 23.1 Å². The molecule has 2 saturated heterocycles. The summed E-state index contributed by atoms with van der Waals surface area (Å²) in [5.41, 5.74) is 0. The fourth-order valence-electron chi connectivity index (χ4n) is 3.22. The number of aliphatic carboxylic acids is 1. The van der Waals surface area contributed by atoms with Gasteiger partial charge in [0, 0.05) is 6.04 Å². The van der Waals surface area contributed by atoms with E-state index < -0.39 is 12.1 Å². The van der Waals surface area contributed by atoms with Gasteiger partial charge in [-0.3, -0.25) is 0 Å². The van der Waals surface area contributed by atoms with Crippen LogP contribution < -0.4 is 5.32 Å². The van der Waals surface area contributed by atoms with E-state index in [2.05, 4.69) is 24.1 Å². The third-order valence-corrected chi connectivity index (χ3v) is 4.60. The Balaban J connectivity index is 0.000000295. The van der Waals surface area contributed by atoms with Crippen LogP contribution in [0.1, 0.15) is 39.5 Å². The zero-order valence-electron chi connectivity index (χ0n) is 13.3. The van der Waals surface area contributed by atoms with Crippen LogP contribution in [0.25, 0.3) is 0 Å². The van der Waals surface area contributed by atoms with E-state index in [4.69, 9.17) is 9.90 Å². The number of likely N-dealkylation sites (tertiary alicyclic amines) is 1. The van der Waals surface area contributed by atoms with Gasteiger partial charge < -0.3 is 15.3 Å². The van der Waals surface area contributed by atoms with Crippen molar-refractivity contribution in [1.82, 2.24) is 10.2 Å². The van der Waals surface area contributed by atoms with E-state index in [0.717, 1.165) is 17.9 Å². The third kappa shape index (κ3) is 6.52. The molecule has 2 aliphatic heterocycles. The Morgan fingerprint density at radius 1 is 1.09 bits per heavy atom. The molecule has 0 spiro atoms. The summed E-state index contributed by atoms with van der Waals surface area (Å²) in [7, 11) is 0. The second kappa shape index (κ2) is 8.72. The van der Waals surface area contributed by atoms with Gasteiger partial charge in [0.25, 0.3) is 0 Å². The zero-order chi connectivity index (χ0) is 16.8. The van der Waals surface area contributed by atoms with E-state index >= 15 is 0 Å². The van der Waals surface area contributed by atoms with Gasteiger partial charge in [-0.25, -0.2) is 4.79 Å². The molecule has 2 fully saturated rings. The Labute approximate surface area is 130 Å². The summed E-state index contributed by atoms with van der Waals surface area (Å²) in [6.45, 7) is 9.85. The van der Waals surface area contributed by atoms with E-state index in [1.165, 1.54) is 51.9 Å². The summed E-state index contributed by atoms with van der Waals surface area (Å²) < 4.78 is 31.7. The summed E-state index contributed by atoms with van der Waals surface area (Å²) >= 11 is 0. The van der Waals surface area contributed by atoms with Gasteiger partial charge in [0.2, 0.25) is 0 Å². The van der Waals surface area contributed by atoms with Crippen molar-refractivity contribution in [1.29, 1.82) is 0 Å². The number of nitrogens with zero attached hydrogens (tertiary/aromatic N) is 1. The molecule has 0 aromatic rings. The van der Waals surface area contributed by atoms with Gasteiger partial charge in [0.15, 0.2) is 0 Å². The average molecular weight is 324 g/mol. The summed E-state index contributed by atoms with van der Waals surface area (Å²) in [6.07, 6.45) is 0.657. The molecule has 2 rings (SSSR count). The van der Waals surface area contributed by atoms with Crippen molar-refractivity contribution >= 4 is 5.97 Å². The van der Waals surface area contributed by atoms with E-state index in [0.29, 0.717) is 0 Å². The van der Waals surface area contributed by atoms with Gasteiger partial charge >= 0.3 is 12.1 Å². The Morgan fingerprint density at radius 2 is 1.50 bits per heavy atom. The highest BCUT2D eigenvalue weighted by atomic mass is 19.4. The lowest BCUT2D eigenvalue weighted by molar-refractivity contribution is -0.192. The van der Waals surface area contributed by atoms with Crippen LogP contribution in [-0.4, -0.2) is 54.4 Å². The molecule has 0 saturated carbocycles. The highest BCUT2D eigenvalue weighted by Crippen LogP contribution is 2.31. The Hall–Kier alpha value is -0.820. The summed E-state index contributed by atoms with van der Waals surface area (Å²) in [5.74, 6) is -0.699. The van der Waals surface area contributed by atoms with Crippen molar-refractivity contribution in [2.75, 3.05) is 26.2 Å². The van der Waals surface area contributed by atoms with Gasteiger partial charge in [-0.2, -0.15) is 13.2 Å². The van der Waals surface area contributed by atoms with Crippen molar-refractivity contribution in [2.24, 2.45) is 11.8 Å². The molecule has 4 nitrogen and oxygen atoms in total. The molecule has 0 aliphatic carbocycles.